The first-order chi connectivity index (χ1) is 8.24. The van der Waals surface area contributed by atoms with E-state index in [0.717, 1.165) is 24.4 Å². The van der Waals surface area contributed by atoms with Crippen LogP contribution in [-0.2, 0) is 13.0 Å². The van der Waals surface area contributed by atoms with E-state index in [-0.39, 0.29) is 0 Å². The van der Waals surface area contributed by atoms with Gasteiger partial charge in [0.2, 0.25) is 0 Å². The minimum absolute atomic E-state index is 0.295. The zero-order valence-corrected chi connectivity index (χ0v) is 9.93. The molecule has 1 unspecified atom stereocenters. The molecule has 0 saturated heterocycles. The van der Waals surface area contributed by atoms with E-state index in [9.17, 15) is 5.11 Å². The molecule has 1 N–H and O–H groups in total. The van der Waals surface area contributed by atoms with Gasteiger partial charge in [-0.15, -0.1) is 0 Å². The van der Waals surface area contributed by atoms with E-state index in [1.165, 1.54) is 12.1 Å². The summed E-state index contributed by atoms with van der Waals surface area (Å²) in [5, 5.41) is 9.53. The summed E-state index contributed by atoms with van der Waals surface area (Å²) in [4.78, 5) is 4.50. The summed E-state index contributed by atoms with van der Waals surface area (Å²) in [5.74, 6) is 1.97. The van der Waals surface area contributed by atoms with Crippen molar-refractivity contribution in [1.29, 1.82) is 0 Å². The Morgan fingerprint density at radius 1 is 1.41 bits per heavy atom. The van der Waals surface area contributed by atoms with Crippen LogP contribution in [0.2, 0.25) is 0 Å². The van der Waals surface area contributed by atoms with Crippen LogP contribution in [0.3, 0.4) is 0 Å². The summed E-state index contributed by atoms with van der Waals surface area (Å²) in [5.41, 5.74) is 2.30. The fourth-order valence-corrected chi connectivity index (χ4v) is 2.49. The molecule has 0 bridgehead atoms. The Hall–Kier alpha value is -1.77. The van der Waals surface area contributed by atoms with Crippen LogP contribution in [0, 0.1) is 5.92 Å². The predicted molar refractivity (Wildman–Crippen MR) is 66.8 cm³/mol. The van der Waals surface area contributed by atoms with Crippen molar-refractivity contribution >= 4 is 0 Å². The molecule has 0 aliphatic carbocycles. The number of hydrogen-bond acceptors (Lipinski definition) is 2. The quantitative estimate of drug-likeness (QED) is 0.815. The number of phenols is 1. The molecule has 3 heteroatoms. The molecular weight excluding hydrogens is 212 g/mol. The largest absolute Gasteiger partial charge is 0.508 e. The lowest BCUT2D eigenvalue weighted by atomic mass is 10.00. The van der Waals surface area contributed by atoms with Crippen LogP contribution in [0.25, 0.3) is 11.4 Å². The van der Waals surface area contributed by atoms with Gasteiger partial charge in [0.15, 0.2) is 0 Å². The molecule has 3 rings (SSSR count). The monoisotopic (exact) mass is 228 g/mol. The van der Waals surface area contributed by atoms with Crippen molar-refractivity contribution in [1.82, 2.24) is 9.55 Å². The lowest BCUT2D eigenvalue weighted by Gasteiger charge is -2.22. The highest BCUT2D eigenvalue weighted by molar-refractivity contribution is 5.58. The topological polar surface area (TPSA) is 38.1 Å². The highest BCUT2D eigenvalue weighted by Gasteiger charge is 2.19. The lowest BCUT2D eigenvalue weighted by Crippen LogP contribution is -2.18. The Kier molecular flexibility index (Phi) is 2.39. The number of fused-ring (bicyclic) bond motifs is 1. The SMILES string of the molecule is CC1CCc2cnc(-c3cccc(O)c3)n2C1. The van der Waals surface area contributed by atoms with Crippen LogP contribution in [0.4, 0.5) is 0 Å². The van der Waals surface area contributed by atoms with Crippen LogP contribution < -0.4 is 0 Å². The lowest BCUT2D eigenvalue weighted by molar-refractivity contribution is 0.402. The van der Waals surface area contributed by atoms with Crippen LogP contribution in [0.5, 0.6) is 5.75 Å². The van der Waals surface area contributed by atoms with Crippen LogP contribution in [0.1, 0.15) is 19.0 Å². The molecule has 17 heavy (non-hydrogen) atoms. The third-order valence-electron chi connectivity index (χ3n) is 3.43. The average molecular weight is 228 g/mol. The summed E-state index contributed by atoms with van der Waals surface area (Å²) in [7, 11) is 0. The summed E-state index contributed by atoms with van der Waals surface area (Å²) < 4.78 is 2.28. The molecule has 1 aromatic heterocycles. The van der Waals surface area contributed by atoms with Crippen molar-refractivity contribution in [2.45, 2.75) is 26.3 Å². The van der Waals surface area contributed by atoms with E-state index in [1.54, 1.807) is 12.1 Å². The van der Waals surface area contributed by atoms with E-state index in [1.807, 2.05) is 18.3 Å². The first-order valence-corrected chi connectivity index (χ1v) is 6.08. The molecule has 88 valence electrons. The Morgan fingerprint density at radius 2 is 2.29 bits per heavy atom. The smallest absolute Gasteiger partial charge is 0.140 e. The third-order valence-corrected chi connectivity index (χ3v) is 3.43. The fraction of sp³-hybridized carbons (Fsp3) is 0.357. The first kappa shape index (κ1) is 10.4. The summed E-state index contributed by atoms with van der Waals surface area (Å²) in [6, 6.07) is 7.31. The Bertz CT molecular complexity index is 545. The highest BCUT2D eigenvalue weighted by atomic mass is 16.3. The van der Waals surface area contributed by atoms with E-state index in [0.29, 0.717) is 11.7 Å². The number of hydrogen-bond donors (Lipinski definition) is 1. The highest BCUT2D eigenvalue weighted by Crippen LogP contribution is 2.28. The number of imidazole rings is 1. The standard InChI is InChI=1S/C14H16N2O/c1-10-5-6-12-8-15-14(16(12)9-10)11-3-2-4-13(17)7-11/h2-4,7-8,10,17H,5-6,9H2,1H3. The maximum atomic E-state index is 9.53. The predicted octanol–water partition coefficient (Wildman–Crippen LogP) is 2.84. The van der Waals surface area contributed by atoms with E-state index in [4.69, 9.17) is 0 Å². The summed E-state index contributed by atoms with van der Waals surface area (Å²) in [6.07, 6.45) is 4.31. The van der Waals surface area contributed by atoms with Gasteiger partial charge in [0, 0.05) is 24.0 Å². The van der Waals surface area contributed by atoms with Gasteiger partial charge in [-0.1, -0.05) is 19.1 Å². The molecule has 0 fully saturated rings. The first-order valence-electron chi connectivity index (χ1n) is 6.08. The molecule has 0 radical (unpaired) electrons. The number of aromatic hydroxyl groups is 1. The molecule has 0 spiro atoms. The molecule has 1 aliphatic rings. The van der Waals surface area contributed by atoms with Crippen molar-refractivity contribution < 1.29 is 5.11 Å². The average Bonchev–Trinajstić information content (AvgIpc) is 2.71. The Labute approximate surface area is 101 Å². The van der Waals surface area contributed by atoms with Crippen molar-refractivity contribution in [2.75, 3.05) is 0 Å². The Balaban J connectivity index is 2.07. The van der Waals surface area contributed by atoms with Gasteiger partial charge < -0.3 is 9.67 Å². The van der Waals surface area contributed by atoms with E-state index in [2.05, 4.69) is 16.5 Å². The molecule has 3 nitrogen and oxygen atoms in total. The van der Waals surface area contributed by atoms with Crippen LogP contribution in [0.15, 0.2) is 30.5 Å². The van der Waals surface area contributed by atoms with Crippen LogP contribution >= 0.6 is 0 Å². The fourth-order valence-electron chi connectivity index (χ4n) is 2.49. The Morgan fingerprint density at radius 3 is 3.12 bits per heavy atom. The van der Waals surface area contributed by atoms with Crippen molar-refractivity contribution in [3.05, 3.63) is 36.2 Å². The van der Waals surface area contributed by atoms with Crippen molar-refractivity contribution in [3.63, 3.8) is 0 Å². The second kappa shape index (κ2) is 3.91. The third kappa shape index (κ3) is 1.82. The van der Waals surface area contributed by atoms with Crippen LogP contribution in [-0.4, -0.2) is 14.7 Å². The molecule has 1 aromatic carbocycles. The number of aromatic nitrogens is 2. The van der Waals surface area contributed by atoms with Gasteiger partial charge in [-0.2, -0.15) is 0 Å². The zero-order chi connectivity index (χ0) is 11.8. The molecular formula is C14H16N2O. The molecule has 0 amide bonds. The van der Waals surface area contributed by atoms with E-state index >= 15 is 0 Å². The molecule has 2 heterocycles. The van der Waals surface area contributed by atoms with Gasteiger partial charge >= 0.3 is 0 Å². The zero-order valence-electron chi connectivity index (χ0n) is 9.93. The van der Waals surface area contributed by atoms with Crippen molar-refractivity contribution in [2.24, 2.45) is 5.92 Å². The minimum atomic E-state index is 0.295. The number of nitrogens with zero attached hydrogens (tertiary/aromatic N) is 2. The van der Waals surface area contributed by atoms with Gasteiger partial charge in [-0.05, 0) is 30.9 Å². The van der Waals surface area contributed by atoms with Gasteiger partial charge in [0.1, 0.15) is 11.6 Å². The van der Waals surface area contributed by atoms with Gasteiger partial charge in [0.05, 0.1) is 0 Å². The van der Waals surface area contributed by atoms with Gasteiger partial charge in [-0.3, -0.25) is 0 Å². The molecule has 2 aromatic rings. The molecule has 1 aliphatic heterocycles. The number of rotatable bonds is 1. The van der Waals surface area contributed by atoms with E-state index < -0.39 is 0 Å². The second-order valence-electron chi connectivity index (χ2n) is 4.88. The number of phenolic OH excluding ortho intramolecular Hbond substituents is 1. The maximum absolute atomic E-state index is 9.53. The minimum Gasteiger partial charge on any atom is -0.508 e. The summed E-state index contributed by atoms with van der Waals surface area (Å²) in [6.45, 7) is 3.30. The van der Waals surface area contributed by atoms with Crippen molar-refractivity contribution in [3.8, 4) is 17.1 Å². The van der Waals surface area contributed by atoms with Gasteiger partial charge in [-0.25, -0.2) is 4.98 Å². The van der Waals surface area contributed by atoms with Gasteiger partial charge in [0.25, 0.3) is 0 Å². The number of aryl methyl sites for hydroxylation is 1. The molecule has 1 atom stereocenters. The maximum Gasteiger partial charge on any atom is 0.140 e. The summed E-state index contributed by atoms with van der Waals surface area (Å²) >= 11 is 0. The molecule has 0 saturated carbocycles. The second-order valence-corrected chi connectivity index (χ2v) is 4.88. The number of benzene rings is 1. The normalized spacial score (nSPS) is 19.0.